The summed E-state index contributed by atoms with van der Waals surface area (Å²) >= 11 is 0. The van der Waals surface area contributed by atoms with E-state index in [1.165, 1.54) is 0 Å². The highest BCUT2D eigenvalue weighted by atomic mass is 16.5. The second kappa shape index (κ2) is 5.74. The van der Waals surface area contributed by atoms with Crippen molar-refractivity contribution >= 4 is 11.5 Å². The third-order valence-corrected chi connectivity index (χ3v) is 3.12. The van der Waals surface area contributed by atoms with Crippen LogP contribution in [0.25, 0.3) is 5.65 Å². The van der Waals surface area contributed by atoms with Gasteiger partial charge in [0.05, 0.1) is 7.11 Å². The third kappa shape index (κ3) is 2.76. The van der Waals surface area contributed by atoms with Crippen molar-refractivity contribution in [3.63, 3.8) is 0 Å². The van der Waals surface area contributed by atoms with Crippen molar-refractivity contribution < 1.29 is 4.74 Å². The van der Waals surface area contributed by atoms with Crippen LogP contribution in [0.3, 0.4) is 0 Å². The summed E-state index contributed by atoms with van der Waals surface area (Å²) in [4.78, 5) is 4.17. The van der Waals surface area contributed by atoms with Gasteiger partial charge in [0.25, 0.3) is 0 Å². The predicted octanol–water partition coefficient (Wildman–Crippen LogP) is 1.70. The monoisotopic (exact) mass is 284 g/mol. The number of pyridine rings is 1. The molecule has 3 heterocycles. The van der Waals surface area contributed by atoms with Gasteiger partial charge in [-0.05, 0) is 17.7 Å². The van der Waals surface area contributed by atoms with E-state index < -0.39 is 0 Å². The van der Waals surface area contributed by atoms with Crippen molar-refractivity contribution in [2.45, 2.75) is 19.9 Å². The lowest BCUT2D eigenvalue weighted by molar-refractivity contribution is 0.397. The van der Waals surface area contributed by atoms with Crippen molar-refractivity contribution in [1.29, 1.82) is 0 Å². The van der Waals surface area contributed by atoms with Gasteiger partial charge in [-0.2, -0.15) is 4.52 Å². The SMILES string of the molecule is CCc1nnc2ccc(NCc3ccc(OC)nc3)nn12. The number of rotatable bonds is 5. The first kappa shape index (κ1) is 13.3. The number of hydrogen-bond donors (Lipinski definition) is 1. The Morgan fingerprint density at radius 2 is 2.10 bits per heavy atom. The van der Waals surface area contributed by atoms with E-state index in [1.807, 2.05) is 31.2 Å². The molecule has 0 fully saturated rings. The Morgan fingerprint density at radius 3 is 2.81 bits per heavy atom. The lowest BCUT2D eigenvalue weighted by atomic mass is 10.3. The van der Waals surface area contributed by atoms with Crippen LogP contribution >= 0.6 is 0 Å². The van der Waals surface area contributed by atoms with E-state index in [0.29, 0.717) is 12.4 Å². The van der Waals surface area contributed by atoms with Crippen molar-refractivity contribution in [3.8, 4) is 5.88 Å². The summed E-state index contributed by atoms with van der Waals surface area (Å²) in [6.45, 7) is 2.67. The van der Waals surface area contributed by atoms with E-state index in [-0.39, 0.29) is 0 Å². The minimum atomic E-state index is 0.607. The molecule has 21 heavy (non-hydrogen) atoms. The number of aryl methyl sites for hydroxylation is 1. The van der Waals surface area contributed by atoms with Gasteiger partial charge in [0.1, 0.15) is 5.82 Å². The molecule has 1 N–H and O–H groups in total. The van der Waals surface area contributed by atoms with Gasteiger partial charge in [-0.25, -0.2) is 4.98 Å². The number of hydrogen-bond acceptors (Lipinski definition) is 6. The second-order valence-corrected chi connectivity index (χ2v) is 4.52. The van der Waals surface area contributed by atoms with E-state index in [4.69, 9.17) is 4.74 Å². The average molecular weight is 284 g/mol. The minimum Gasteiger partial charge on any atom is -0.481 e. The van der Waals surface area contributed by atoms with Crippen molar-refractivity contribution in [2.24, 2.45) is 0 Å². The van der Waals surface area contributed by atoms with Gasteiger partial charge >= 0.3 is 0 Å². The number of nitrogens with one attached hydrogen (secondary N) is 1. The Bertz CT molecular complexity index is 737. The van der Waals surface area contributed by atoms with Gasteiger partial charge in [0.15, 0.2) is 11.5 Å². The number of methoxy groups -OCH3 is 1. The lowest BCUT2D eigenvalue weighted by Crippen LogP contribution is -2.05. The highest BCUT2D eigenvalue weighted by Crippen LogP contribution is 2.11. The van der Waals surface area contributed by atoms with Crippen molar-refractivity contribution in [2.75, 3.05) is 12.4 Å². The largest absolute Gasteiger partial charge is 0.481 e. The third-order valence-electron chi connectivity index (χ3n) is 3.12. The molecular weight excluding hydrogens is 268 g/mol. The zero-order valence-electron chi connectivity index (χ0n) is 11.9. The molecule has 0 aliphatic carbocycles. The van der Waals surface area contributed by atoms with Gasteiger partial charge < -0.3 is 10.1 Å². The molecule has 0 aliphatic heterocycles. The predicted molar refractivity (Wildman–Crippen MR) is 78.3 cm³/mol. The first-order valence-electron chi connectivity index (χ1n) is 6.74. The molecule has 0 bridgehead atoms. The second-order valence-electron chi connectivity index (χ2n) is 4.52. The number of anilines is 1. The molecule has 0 aromatic carbocycles. The van der Waals surface area contributed by atoms with Gasteiger partial charge in [-0.3, -0.25) is 0 Å². The van der Waals surface area contributed by atoms with Crippen LogP contribution in [-0.4, -0.2) is 31.9 Å². The summed E-state index contributed by atoms with van der Waals surface area (Å²) in [7, 11) is 1.60. The Kier molecular flexibility index (Phi) is 3.63. The van der Waals surface area contributed by atoms with Crippen LogP contribution in [0.1, 0.15) is 18.3 Å². The van der Waals surface area contributed by atoms with E-state index in [0.717, 1.165) is 29.3 Å². The molecule has 108 valence electrons. The van der Waals surface area contributed by atoms with Crippen molar-refractivity contribution in [1.82, 2.24) is 24.8 Å². The molecule has 0 amide bonds. The fourth-order valence-corrected chi connectivity index (χ4v) is 1.98. The van der Waals surface area contributed by atoms with Gasteiger partial charge in [-0.1, -0.05) is 13.0 Å². The fraction of sp³-hybridized carbons (Fsp3) is 0.286. The van der Waals surface area contributed by atoms with Gasteiger partial charge in [0, 0.05) is 25.2 Å². The van der Waals surface area contributed by atoms with Crippen LogP contribution in [0.15, 0.2) is 30.5 Å². The molecule has 7 nitrogen and oxygen atoms in total. The lowest BCUT2D eigenvalue weighted by Gasteiger charge is -2.06. The number of ether oxygens (including phenoxy) is 1. The topological polar surface area (TPSA) is 77.2 Å². The van der Waals surface area contributed by atoms with Gasteiger partial charge in [-0.15, -0.1) is 15.3 Å². The average Bonchev–Trinajstić information content (AvgIpc) is 2.95. The quantitative estimate of drug-likeness (QED) is 0.768. The molecule has 0 aliphatic rings. The van der Waals surface area contributed by atoms with Crippen LogP contribution < -0.4 is 10.1 Å². The highest BCUT2D eigenvalue weighted by Gasteiger charge is 2.05. The molecular formula is C14H16N6O. The smallest absolute Gasteiger partial charge is 0.212 e. The minimum absolute atomic E-state index is 0.607. The van der Waals surface area contributed by atoms with E-state index in [9.17, 15) is 0 Å². The van der Waals surface area contributed by atoms with Crippen molar-refractivity contribution in [3.05, 3.63) is 41.9 Å². The molecule has 0 saturated heterocycles. The molecule has 0 saturated carbocycles. The maximum absolute atomic E-state index is 5.04. The first-order chi connectivity index (χ1) is 10.3. The molecule has 7 heteroatoms. The van der Waals surface area contributed by atoms with E-state index in [1.54, 1.807) is 17.8 Å². The summed E-state index contributed by atoms with van der Waals surface area (Å²) in [5, 5.41) is 15.9. The zero-order chi connectivity index (χ0) is 14.7. The summed E-state index contributed by atoms with van der Waals surface area (Å²) in [5.41, 5.74) is 1.81. The number of nitrogens with zero attached hydrogens (tertiary/aromatic N) is 5. The molecule has 3 aromatic rings. The number of fused-ring (bicyclic) bond motifs is 1. The Balaban J connectivity index is 1.74. The summed E-state index contributed by atoms with van der Waals surface area (Å²) in [5.74, 6) is 2.22. The first-order valence-corrected chi connectivity index (χ1v) is 6.74. The maximum atomic E-state index is 5.04. The van der Waals surface area contributed by atoms with E-state index >= 15 is 0 Å². The molecule has 0 unspecified atom stereocenters. The van der Waals surface area contributed by atoms with E-state index in [2.05, 4.69) is 25.6 Å². The Hall–Kier alpha value is -2.70. The molecule has 0 radical (unpaired) electrons. The van der Waals surface area contributed by atoms with Crippen LogP contribution in [0.5, 0.6) is 5.88 Å². The molecule has 0 spiro atoms. The Labute approximate surface area is 122 Å². The van der Waals surface area contributed by atoms with Crippen LogP contribution in [0.4, 0.5) is 5.82 Å². The van der Waals surface area contributed by atoms with Crippen LogP contribution in [0.2, 0.25) is 0 Å². The zero-order valence-corrected chi connectivity index (χ0v) is 11.9. The number of aromatic nitrogens is 5. The normalized spacial score (nSPS) is 10.8. The molecule has 0 atom stereocenters. The Morgan fingerprint density at radius 1 is 1.19 bits per heavy atom. The maximum Gasteiger partial charge on any atom is 0.212 e. The molecule has 3 aromatic heterocycles. The fourth-order valence-electron chi connectivity index (χ4n) is 1.98. The van der Waals surface area contributed by atoms with Crippen LogP contribution in [-0.2, 0) is 13.0 Å². The highest BCUT2D eigenvalue weighted by molar-refractivity contribution is 5.44. The summed E-state index contributed by atoms with van der Waals surface area (Å²) in [6, 6.07) is 7.59. The summed E-state index contributed by atoms with van der Waals surface area (Å²) < 4.78 is 6.79. The summed E-state index contributed by atoms with van der Waals surface area (Å²) in [6.07, 6.45) is 2.57. The van der Waals surface area contributed by atoms with Gasteiger partial charge in [0.2, 0.25) is 5.88 Å². The molecule has 3 rings (SSSR count). The van der Waals surface area contributed by atoms with Crippen LogP contribution in [0, 0.1) is 0 Å². The standard InChI is InChI=1S/C14H16N6O/c1-3-12-17-18-13-6-5-11(19-20(12)13)15-8-10-4-7-14(21-2)16-9-10/h4-7,9H,3,8H2,1-2H3,(H,15,19).